The first-order chi connectivity index (χ1) is 13.3. The number of benzene rings is 2. The van der Waals surface area contributed by atoms with Gasteiger partial charge in [0.05, 0.1) is 11.5 Å². The van der Waals surface area contributed by atoms with E-state index in [2.05, 4.69) is 26.6 Å². The molecule has 0 unspecified atom stereocenters. The number of anilines is 1. The lowest BCUT2D eigenvalue weighted by Gasteiger charge is -2.10. The number of halogens is 1. The lowest BCUT2D eigenvalue weighted by atomic mass is 10.1. The second-order valence-electron chi connectivity index (χ2n) is 5.89. The number of ether oxygens (including phenoxy) is 1. The number of nitro benzene ring substituents is 1. The van der Waals surface area contributed by atoms with Gasteiger partial charge in [-0.05, 0) is 43.7 Å². The Morgan fingerprint density at radius 1 is 1.21 bits per heavy atom. The molecule has 0 saturated carbocycles. The molecule has 0 radical (unpaired) electrons. The zero-order valence-electron chi connectivity index (χ0n) is 15.5. The Kier molecular flexibility index (Phi) is 7.51. The van der Waals surface area contributed by atoms with Gasteiger partial charge in [-0.2, -0.15) is 0 Å². The molecule has 0 aromatic heterocycles. The average Bonchev–Trinajstić information content (AvgIpc) is 2.65. The van der Waals surface area contributed by atoms with Crippen molar-refractivity contribution in [3.63, 3.8) is 0 Å². The molecular formula is C19H20BrN3O5. The molecule has 0 bridgehead atoms. The molecule has 2 amide bonds. The smallest absolute Gasteiger partial charge is 0.311 e. The maximum atomic E-state index is 12.2. The van der Waals surface area contributed by atoms with Crippen molar-refractivity contribution in [2.75, 3.05) is 18.5 Å². The Morgan fingerprint density at radius 3 is 2.64 bits per heavy atom. The predicted molar refractivity (Wildman–Crippen MR) is 109 cm³/mol. The van der Waals surface area contributed by atoms with Gasteiger partial charge in [0, 0.05) is 34.8 Å². The number of nitrogens with zero attached hydrogens (tertiary/aromatic N) is 1. The molecular weight excluding hydrogens is 430 g/mol. The van der Waals surface area contributed by atoms with Crippen LogP contribution >= 0.6 is 15.9 Å². The van der Waals surface area contributed by atoms with Crippen molar-refractivity contribution in [3.8, 4) is 5.75 Å². The average molecular weight is 450 g/mol. The second-order valence-corrected chi connectivity index (χ2v) is 6.80. The van der Waals surface area contributed by atoms with Gasteiger partial charge in [-0.1, -0.05) is 22.0 Å². The van der Waals surface area contributed by atoms with E-state index in [4.69, 9.17) is 4.74 Å². The summed E-state index contributed by atoms with van der Waals surface area (Å²) in [5.74, 6) is -0.649. The fourth-order valence-electron chi connectivity index (χ4n) is 2.41. The molecule has 28 heavy (non-hydrogen) atoms. The van der Waals surface area contributed by atoms with Gasteiger partial charge in [-0.15, -0.1) is 0 Å². The SMILES string of the molecule is CCOc1ccc(C(=O)NCCC(=O)Nc2cc(Br)ccc2C)cc1[N+](=O)[O-]. The van der Waals surface area contributed by atoms with Crippen LogP contribution in [-0.2, 0) is 4.79 Å². The number of nitro groups is 1. The summed E-state index contributed by atoms with van der Waals surface area (Å²) >= 11 is 3.35. The minimum Gasteiger partial charge on any atom is -0.487 e. The number of rotatable bonds is 8. The van der Waals surface area contributed by atoms with Crippen LogP contribution in [0.5, 0.6) is 5.75 Å². The normalized spacial score (nSPS) is 10.2. The van der Waals surface area contributed by atoms with Crippen molar-refractivity contribution in [2.45, 2.75) is 20.3 Å². The van der Waals surface area contributed by atoms with Gasteiger partial charge >= 0.3 is 5.69 Å². The lowest BCUT2D eigenvalue weighted by Crippen LogP contribution is -2.27. The fraction of sp³-hybridized carbons (Fsp3) is 0.263. The first-order valence-electron chi connectivity index (χ1n) is 8.57. The van der Waals surface area contributed by atoms with E-state index in [0.717, 1.165) is 16.1 Å². The van der Waals surface area contributed by atoms with Crippen molar-refractivity contribution in [1.82, 2.24) is 5.32 Å². The second kappa shape index (κ2) is 9.84. The molecule has 0 aliphatic carbocycles. The quantitative estimate of drug-likeness (QED) is 0.469. The third-order valence-corrected chi connectivity index (χ3v) is 4.32. The lowest BCUT2D eigenvalue weighted by molar-refractivity contribution is -0.385. The zero-order valence-corrected chi connectivity index (χ0v) is 17.0. The van der Waals surface area contributed by atoms with E-state index in [-0.39, 0.29) is 42.5 Å². The molecule has 2 aromatic carbocycles. The Balaban J connectivity index is 1.93. The third kappa shape index (κ3) is 5.78. The van der Waals surface area contributed by atoms with Crippen molar-refractivity contribution in [1.29, 1.82) is 0 Å². The first-order valence-corrected chi connectivity index (χ1v) is 9.36. The van der Waals surface area contributed by atoms with Crippen LogP contribution < -0.4 is 15.4 Å². The predicted octanol–water partition coefficient (Wildman–Crippen LogP) is 3.82. The van der Waals surface area contributed by atoms with E-state index < -0.39 is 10.8 Å². The minimum absolute atomic E-state index is 0.0663. The van der Waals surface area contributed by atoms with Crippen LogP contribution in [0.3, 0.4) is 0 Å². The third-order valence-electron chi connectivity index (χ3n) is 3.83. The number of carbonyl (C=O) groups is 2. The maximum Gasteiger partial charge on any atom is 0.311 e. The van der Waals surface area contributed by atoms with Gasteiger partial charge in [-0.3, -0.25) is 19.7 Å². The highest BCUT2D eigenvalue weighted by Gasteiger charge is 2.18. The fourth-order valence-corrected chi connectivity index (χ4v) is 2.77. The van der Waals surface area contributed by atoms with Crippen LogP contribution in [0.4, 0.5) is 11.4 Å². The summed E-state index contributed by atoms with van der Waals surface area (Å²) in [7, 11) is 0. The Hall–Kier alpha value is -2.94. The van der Waals surface area contributed by atoms with Gasteiger partial charge in [0.15, 0.2) is 5.75 Å². The summed E-state index contributed by atoms with van der Waals surface area (Å²) in [5, 5.41) is 16.5. The summed E-state index contributed by atoms with van der Waals surface area (Å²) < 4.78 is 6.04. The molecule has 2 aromatic rings. The van der Waals surface area contributed by atoms with Crippen LogP contribution in [0.15, 0.2) is 40.9 Å². The van der Waals surface area contributed by atoms with Gasteiger partial charge < -0.3 is 15.4 Å². The number of carbonyl (C=O) groups excluding carboxylic acids is 2. The van der Waals surface area contributed by atoms with Gasteiger partial charge in [0.25, 0.3) is 5.91 Å². The van der Waals surface area contributed by atoms with Gasteiger partial charge in [0.1, 0.15) is 0 Å². The zero-order chi connectivity index (χ0) is 20.7. The van der Waals surface area contributed by atoms with Gasteiger partial charge in [-0.25, -0.2) is 0 Å². The van der Waals surface area contributed by atoms with Crippen molar-refractivity contribution in [2.24, 2.45) is 0 Å². The van der Waals surface area contributed by atoms with Crippen LogP contribution in [0.25, 0.3) is 0 Å². The highest BCUT2D eigenvalue weighted by atomic mass is 79.9. The monoisotopic (exact) mass is 449 g/mol. The van der Waals surface area contributed by atoms with E-state index in [0.29, 0.717) is 5.69 Å². The summed E-state index contributed by atoms with van der Waals surface area (Å²) in [5.41, 5.74) is 1.45. The maximum absolute atomic E-state index is 12.2. The van der Waals surface area contributed by atoms with Crippen LogP contribution in [0, 0.1) is 17.0 Å². The van der Waals surface area contributed by atoms with E-state index in [9.17, 15) is 19.7 Å². The largest absolute Gasteiger partial charge is 0.487 e. The number of amides is 2. The number of hydrogen-bond donors (Lipinski definition) is 2. The molecule has 0 fully saturated rings. The van der Waals surface area contributed by atoms with Crippen LogP contribution in [-0.4, -0.2) is 29.9 Å². The number of aryl methyl sites for hydroxylation is 1. The van der Waals surface area contributed by atoms with E-state index in [1.54, 1.807) is 13.0 Å². The van der Waals surface area contributed by atoms with E-state index in [1.807, 2.05) is 19.1 Å². The van der Waals surface area contributed by atoms with E-state index >= 15 is 0 Å². The number of nitrogens with one attached hydrogen (secondary N) is 2. The van der Waals surface area contributed by atoms with Crippen molar-refractivity contribution < 1.29 is 19.2 Å². The Bertz CT molecular complexity index is 901. The molecule has 8 nitrogen and oxygen atoms in total. The summed E-state index contributed by atoms with van der Waals surface area (Å²) in [6, 6.07) is 9.54. The molecule has 9 heteroatoms. The molecule has 2 N–H and O–H groups in total. The molecule has 148 valence electrons. The van der Waals surface area contributed by atoms with Crippen molar-refractivity contribution >= 4 is 39.1 Å². The molecule has 0 heterocycles. The minimum atomic E-state index is -0.602. The Morgan fingerprint density at radius 2 is 1.96 bits per heavy atom. The van der Waals surface area contributed by atoms with Crippen LogP contribution in [0.1, 0.15) is 29.3 Å². The molecule has 2 rings (SSSR count). The standard InChI is InChI=1S/C19H20BrN3O5/c1-3-28-17-7-5-13(10-16(17)23(26)27)19(25)21-9-8-18(24)22-15-11-14(20)6-4-12(15)2/h4-7,10-11H,3,8-9H2,1-2H3,(H,21,25)(H,22,24). The highest BCUT2D eigenvalue weighted by molar-refractivity contribution is 9.10. The summed E-state index contributed by atoms with van der Waals surface area (Å²) in [6.45, 7) is 3.96. The number of hydrogen-bond acceptors (Lipinski definition) is 5. The van der Waals surface area contributed by atoms with Crippen molar-refractivity contribution in [3.05, 3.63) is 62.1 Å². The Labute approximate surface area is 170 Å². The molecule has 0 saturated heterocycles. The molecule has 0 atom stereocenters. The first kappa shape index (κ1) is 21.4. The molecule has 0 spiro atoms. The summed E-state index contributed by atoms with van der Waals surface area (Å²) in [4.78, 5) is 34.8. The molecule has 0 aliphatic rings. The van der Waals surface area contributed by atoms with Gasteiger partial charge in [0.2, 0.25) is 5.91 Å². The highest BCUT2D eigenvalue weighted by Crippen LogP contribution is 2.28. The summed E-state index contributed by atoms with van der Waals surface area (Å²) in [6.07, 6.45) is 0.0663. The van der Waals surface area contributed by atoms with E-state index in [1.165, 1.54) is 12.1 Å². The topological polar surface area (TPSA) is 111 Å². The van der Waals surface area contributed by atoms with Crippen LogP contribution in [0.2, 0.25) is 0 Å². The molecule has 0 aliphatic heterocycles.